The van der Waals surface area contributed by atoms with Crippen LogP contribution in [0.3, 0.4) is 0 Å². The van der Waals surface area contributed by atoms with Crippen LogP contribution in [0.5, 0.6) is 0 Å². The normalized spacial score (nSPS) is 11.6. The van der Waals surface area contributed by atoms with Crippen LogP contribution in [0.2, 0.25) is 0 Å². The van der Waals surface area contributed by atoms with E-state index in [2.05, 4.69) is 24.5 Å². The highest BCUT2D eigenvalue weighted by molar-refractivity contribution is 7.89. The number of quaternary nitrogens is 1. The standard InChI is InChI=1S/C17H28N4O4S/c1-5-21(6-2)12-11-18-17(23)13-20(4)26(24,25)16-9-7-15(8-10-16)19-14(3)22/h7-10H,5-6,11-13H2,1-4H3,(H,18,23)(H,19,22)/p+1. The number of nitrogens with one attached hydrogen (secondary N) is 3. The number of benzene rings is 1. The molecule has 0 aliphatic heterocycles. The number of anilines is 1. The molecule has 0 heterocycles. The molecule has 0 aliphatic rings. The highest BCUT2D eigenvalue weighted by Crippen LogP contribution is 2.17. The number of sulfonamides is 1. The zero-order chi connectivity index (χ0) is 19.7. The van der Waals surface area contributed by atoms with Gasteiger partial charge in [-0.15, -0.1) is 0 Å². The first-order valence-electron chi connectivity index (χ1n) is 8.65. The third-order valence-electron chi connectivity index (χ3n) is 4.05. The highest BCUT2D eigenvalue weighted by Gasteiger charge is 2.23. The fourth-order valence-corrected chi connectivity index (χ4v) is 3.55. The summed E-state index contributed by atoms with van der Waals surface area (Å²) in [4.78, 5) is 24.4. The molecule has 0 unspecified atom stereocenters. The minimum absolute atomic E-state index is 0.0643. The smallest absolute Gasteiger partial charge is 0.243 e. The van der Waals surface area contributed by atoms with Gasteiger partial charge in [-0.1, -0.05) is 0 Å². The van der Waals surface area contributed by atoms with E-state index in [1.807, 2.05) is 0 Å². The summed E-state index contributed by atoms with van der Waals surface area (Å²) >= 11 is 0. The van der Waals surface area contributed by atoms with Crippen LogP contribution in [0, 0.1) is 0 Å². The minimum Gasteiger partial charge on any atom is -0.349 e. The number of hydrogen-bond acceptors (Lipinski definition) is 4. The summed E-state index contributed by atoms with van der Waals surface area (Å²) in [6.45, 7) is 8.57. The minimum atomic E-state index is -3.78. The van der Waals surface area contributed by atoms with Gasteiger partial charge in [0, 0.05) is 19.7 Å². The van der Waals surface area contributed by atoms with Crippen molar-refractivity contribution in [3.8, 4) is 0 Å². The Balaban J connectivity index is 2.62. The van der Waals surface area contributed by atoms with Crippen LogP contribution < -0.4 is 15.5 Å². The molecule has 146 valence electrons. The SMILES string of the molecule is CC[NH+](CC)CCNC(=O)CN(C)S(=O)(=O)c1ccc(NC(C)=O)cc1. The fraction of sp³-hybridized carbons (Fsp3) is 0.529. The summed E-state index contributed by atoms with van der Waals surface area (Å²) in [5.74, 6) is -0.571. The van der Waals surface area contributed by atoms with Crippen molar-refractivity contribution in [3.63, 3.8) is 0 Å². The molecule has 1 aromatic rings. The van der Waals surface area contributed by atoms with E-state index in [0.717, 1.165) is 23.9 Å². The van der Waals surface area contributed by atoms with Crippen molar-refractivity contribution in [2.45, 2.75) is 25.7 Å². The van der Waals surface area contributed by atoms with E-state index >= 15 is 0 Å². The van der Waals surface area contributed by atoms with Crippen molar-refractivity contribution in [2.24, 2.45) is 0 Å². The van der Waals surface area contributed by atoms with Gasteiger partial charge >= 0.3 is 0 Å². The average Bonchev–Trinajstić information content (AvgIpc) is 2.58. The lowest BCUT2D eigenvalue weighted by atomic mass is 10.3. The molecule has 0 aliphatic carbocycles. The Kier molecular flexibility index (Phi) is 8.70. The summed E-state index contributed by atoms with van der Waals surface area (Å²) in [6.07, 6.45) is 0. The van der Waals surface area contributed by atoms with Crippen LogP contribution in [0.25, 0.3) is 0 Å². The Morgan fingerprint density at radius 1 is 1.12 bits per heavy atom. The molecule has 0 radical (unpaired) electrons. The predicted octanol–water partition coefficient (Wildman–Crippen LogP) is -0.694. The number of rotatable bonds is 10. The number of likely N-dealkylation sites (N-methyl/N-ethyl adjacent to an activating group) is 2. The molecule has 0 saturated heterocycles. The quantitative estimate of drug-likeness (QED) is 0.496. The Hall–Kier alpha value is -1.97. The first-order valence-corrected chi connectivity index (χ1v) is 10.1. The van der Waals surface area contributed by atoms with E-state index in [1.54, 1.807) is 0 Å². The van der Waals surface area contributed by atoms with E-state index in [4.69, 9.17) is 0 Å². The maximum atomic E-state index is 12.5. The van der Waals surface area contributed by atoms with Gasteiger partial charge in [-0.2, -0.15) is 4.31 Å². The number of carbonyl (C=O) groups is 2. The molecule has 1 aromatic carbocycles. The molecule has 0 saturated carbocycles. The highest BCUT2D eigenvalue weighted by atomic mass is 32.2. The van der Waals surface area contributed by atoms with Crippen molar-refractivity contribution >= 4 is 27.5 Å². The first kappa shape index (κ1) is 22.1. The topological polar surface area (TPSA) is 100 Å². The lowest BCUT2D eigenvalue weighted by Crippen LogP contribution is -3.12. The Labute approximate surface area is 155 Å². The lowest BCUT2D eigenvalue weighted by Gasteiger charge is -2.18. The monoisotopic (exact) mass is 385 g/mol. The van der Waals surface area contributed by atoms with Crippen LogP contribution in [-0.4, -0.2) is 64.3 Å². The Bertz CT molecular complexity index is 700. The third kappa shape index (κ3) is 6.74. The van der Waals surface area contributed by atoms with Crippen molar-refractivity contribution in [1.29, 1.82) is 0 Å². The van der Waals surface area contributed by atoms with Crippen molar-refractivity contribution in [3.05, 3.63) is 24.3 Å². The summed E-state index contributed by atoms with van der Waals surface area (Å²) in [5.41, 5.74) is 0.510. The van der Waals surface area contributed by atoms with Gasteiger partial charge in [-0.05, 0) is 38.1 Å². The molecular formula is C17H29N4O4S+. The largest absolute Gasteiger partial charge is 0.349 e. The molecule has 1 rings (SSSR count). The molecule has 9 heteroatoms. The molecule has 0 spiro atoms. The molecule has 8 nitrogen and oxygen atoms in total. The zero-order valence-electron chi connectivity index (χ0n) is 15.8. The maximum absolute atomic E-state index is 12.5. The third-order valence-corrected chi connectivity index (χ3v) is 5.87. The lowest BCUT2D eigenvalue weighted by molar-refractivity contribution is -0.895. The molecule has 0 fully saturated rings. The second kappa shape index (κ2) is 10.2. The van der Waals surface area contributed by atoms with E-state index in [9.17, 15) is 18.0 Å². The average molecular weight is 386 g/mol. The van der Waals surface area contributed by atoms with Gasteiger partial charge in [0.25, 0.3) is 0 Å². The van der Waals surface area contributed by atoms with Crippen LogP contribution in [0.15, 0.2) is 29.2 Å². The number of carbonyl (C=O) groups excluding carboxylic acids is 2. The Morgan fingerprint density at radius 3 is 2.19 bits per heavy atom. The van der Waals surface area contributed by atoms with Crippen LogP contribution in [0.1, 0.15) is 20.8 Å². The van der Waals surface area contributed by atoms with Crippen LogP contribution >= 0.6 is 0 Å². The molecule has 2 amide bonds. The number of nitrogens with zero attached hydrogens (tertiary/aromatic N) is 1. The van der Waals surface area contributed by atoms with Gasteiger partial charge in [0.15, 0.2) is 0 Å². The van der Waals surface area contributed by atoms with Gasteiger partial charge in [-0.3, -0.25) is 9.59 Å². The first-order chi connectivity index (χ1) is 12.2. The molecule has 0 bridgehead atoms. The van der Waals surface area contributed by atoms with E-state index < -0.39 is 10.0 Å². The Morgan fingerprint density at radius 2 is 1.69 bits per heavy atom. The molecule has 0 aromatic heterocycles. The van der Waals surface area contributed by atoms with Crippen LogP contribution in [-0.2, 0) is 19.6 Å². The predicted molar refractivity (Wildman–Crippen MR) is 100 cm³/mol. The van der Waals surface area contributed by atoms with Crippen molar-refractivity contribution in [2.75, 3.05) is 45.1 Å². The zero-order valence-corrected chi connectivity index (χ0v) is 16.6. The molecule has 0 atom stereocenters. The summed E-state index contributed by atoms with van der Waals surface area (Å²) in [5, 5.41) is 5.33. The van der Waals surface area contributed by atoms with Crippen molar-refractivity contribution < 1.29 is 22.9 Å². The van der Waals surface area contributed by atoms with Gasteiger partial charge in [0.2, 0.25) is 21.8 Å². The van der Waals surface area contributed by atoms with E-state index in [0.29, 0.717) is 12.2 Å². The maximum Gasteiger partial charge on any atom is 0.243 e. The summed E-state index contributed by atoms with van der Waals surface area (Å²) in [6, 6.07) is 5.82. The fourth-order valence-electron chi connectivity index (χ4n) is 2.42. The molecule has 26 heavy (non-hydrogen) atoms. The van der Waals surface area contributed by atoms with E-state index in [-0.39, 0.29) is 23.3 Å². The number of amides is 2. The van der Waals surface area contributed by atoms with Gasteiger partial charge < -0.3 is 15.5 Å². The summed E-state index contributed by atoms with van der Waals surface area (Å²) in [7, 11) is -2.41. The van der Waals surface area contributed by atoms with Crippen LogP contribution in [0.4, 0.5) is 5.69 Å². The number of hydrogen-bond donors (Lipinski definition) is 3. The van der Waals surface area contributed by atoms with Crippen molar-refractivity contribution in [1.82, 2.24) is 9.62 Å². The van der Waals surface area contributed by atoms with Gasteiger partial charge in [-0.25, -0.2) is 8.42 Å². The second-order valence-electron chi connectivity index (χ2n) is 6.02. The van der Waals surface area contributed by atoms with Gasteiger partial charge in [0.1, 0.15) is 0 Å². The second-order valence-corrected chi connectivity index (χ2v) is 8.07. The van der Waals surface area contributed by atoms with E-state index in [1.165, 1.54) is 43.1 Å². The molecular weight excluding hydrogens is 356 g/mol. The summed E-state index contributed by atoms with van der Waals surface area (Å²) < 4.78 is 26.1. The molecule has 3 N–H and O–H groups in total. The van der Waals surface area contributed by atoms with Gasteiger partial charge in [0.05, 0.1) is 37.6 Å².